The normalized spacial score (nSPS) is 7.62. The molecule has 0 aromatic rings. The molecule has 0 aromatic heterocycles. The molecule has 0 radical (unpaired) electrons. The molecule has 0 amide bonds. The van der Waals surface area contributed by atoms with Crippen LogP contribution in [0.25, 0.3) is 0 Å². The van der Waals surface area contributed by atoms with E-state index in [0.29, 0.717) is 11.7 Å². The largest absolute Gasteiger partial charge is 0.668 e. The van der Waals surface area contributed by atoms with Gasteiger partial charge >= 0.3 is 0 Å². The first kappa shape index (κ1) is 7.78. The molecule has 0 aromatic carbocycles. The van der Waals surface area contributed by atoms with Crippen molar-refractivity contribution in [3.05, 3.63) is 12.7 Å². The van der Waals surface area contributed by atoms with Crippen molar-refractivity contribution >= 4 is 30.1 Å². The number of hydrogen-bond donors (Lipinski definition) is 2. The lowest BCUT2D eigenvalue weighted by Gasteiger charge is -2.10. The topological polar surface area (TPSA) is 24.1 Å². The molecule has 0 atom stereocenters. The van der Waals surface area contributed by atoms with Gasteiger partial charge in [0.25, 0.3) is 0 Å². The van der Waals surface area contributed by atoms with Crippen LogP contribution in [0, 0.1) is 0 Å². The van der Waals surface area contributed by atoms with Gasteiger partial charge in [-0.2, -0.15) is 0 Å². The molecular weight excluding hydrogens is 140 g/mol. The van der Waals surface area contributed by atoms with E-state index in [2.05, 4.69) is 41.7 Å². The van der Waals surface area contributed by atoms with Crippen LogP contribution in [-0.4, -0.2) is 11.7 Å². The van der Waals surface area contributed by atoms with Crippen LogP contribution in [0.3, 0.4) is 0 Å². The average Bonchev–Trinajstić information content (AvgIpc) is 1.83. The molecule has 0 spiro atoms. The molecule has 4 heteroatoms. The molecule has 0 fully saturated rings. The molecule has 0 rings (SSSR count). The van der Waals surface area contributed by atoms with E-state index in [0.717, 1.165) is 0 Å². The standard InChI is InChI=1S/C4H7N2S2/c1-2-3-5-4(7)6-8/h2H,1,3H2,(H2-,5,6,7,8)/q-1. The molecular formula is C4H7N2S2-. The second kappa shape index (κ2) is 4.93. The van der Waals surface area contributed by atoms with Crippen molar-refractivity contribution in [2.75, 3.05) is 6.54 Å². The van der Waals surface area contributed by atoms with Crippen LogP contribution in [0.5, 0.6) is 0 Å². The molecule has 0 saturated carbocycles. The Kier molecular flexibility index (Phi) is 4.79. The van der Waals surface area contributed by atoms with Gasteiger partial charge in [-0.3, -0.25) is 0 Å². The van der Waals surface area contributed by atoms with Gasteiger partial charge in [0, 0.05) is 6.54 Å². The minimum atomic E-state index is 0.472. The van der Waals surface area contributed by atoms with E-state index >= 15 is 0 Å². The predicted molar refractivity (Wildman–Crippen MR) is 41.3 cm³/mol. The second-order valence-electron chi connectivity index (χ2n) is 1.10. The molecule has 2 nitrogen and oxygen atoms in total. The molecule has 0 aliphatic heterocycles. The molecule has 0 saturated heterocycles. The van der Waals surface area contributed by atoms with Gasteiger partial charge in [-0.1, -0.05) is 6.08 Å². The van der Waals surface area contributed by atoms with Gasteiger partial charge in [-0.25, -0.2) is 0 Å². The molecule has 0 aliphatic carbocycles. The van der Waals surface area contributed by atoms with E-state index in [1.54, 1.807) is 6.08 Å². The minimum absolute atomic E-state index is 0.472. The van der Waals surface area contributed by atoms with Crippen LogP contribution in [-0.2, 0) is 12.8 Å². The summed E-state index contributed by atoms with van der Waals surface area (Å²) in [4.78, 5) is 0. The molecule has 46 valence electrons. The van der Waals surface area contributed by atoms with Crippen molar-refractivity contribution in [3.63, 3.8) is 0 Å². The zero-order valence-electron chi connectivity index (χ0n) is 4.31. The maximum atomic E-state index is 4.65. The summed E-state index contributed by atoms with van der Waals surface area (Å²) in [6.07, 6.45) is 1.71. The number of nitrogens with one attached hydrogen (secondary N) is 2. The van der Waals surface area contributed by atoms with Crippen LogP contribution in [0.4, 0.5) is 0 Å². The van der Waals surface area contributed by atoms with E-state index in [1.807, 2.05) is 0 Å². The Bertz CT molecular complexity index is 92.0. The summed E-state index contributed by atoms with van der Waals surface area (Å²) >= 11 is 9.05. The van der Waals surface area contributed by atoms with Gasteiger partial charge < -0.3 is 22.9 Å². The molecule has 0 aliphatic rings. The Balaban J connectivity index is 3.11. The summed E-state index contributed by atoms with van der Waals surface area (Å²) in [5, 5.41) is 3.25. The quantitative estimate of drug-likeness (QED) is 0.328. The third-order valence-corrected chi connectivity index (χ3v) is 1.08. The number of thiocarbonyl (C=S) groups is 1. The SMILES string of the molecule is C=CCNC(=S)N[S-]. The number of hydrogen-bond acceptors (Lipinski definition) is 2. The van der Waals surface area contributed by atoms with Crippen molar-refractivity contribution in [2.24, 2.45) is 0 Å². The van der Waals surface area contributed by atoms with Gasteiger partial charge in [-0.05, 0) is 12.2 Å². The average molecular weight is 147 g/mol. The predicted octanol–water partition coefficient (Wildman–Crippen LogP) is 0.0984. The Labute approximate surface area is 59.9 Å². The van der Waals surface area contributed by atoms with E-state index in [-0.39, 0.29) is 0 Å². The van der Waals surface area contributed by atoms with Gasteiger partial charge in [-0.15, -0.1) is 6.58 Å². The van der Waals surface area contributed by atoms with Crippen LogP contribution < -0.4 is 10.0 Å². The number of rotatable bonds is 2. The molecule has 0 heterocycles. The van der Waals surface area contributed by atoms with Crippen molar-refractivity contribution in [2.45, 2.75) is 0 Å². The summed E-state index contributed by atoms with van der Waals surface area (Å²) in [5.74, 6) is 0. The Morgan fingerprint density at radius 2 is 2.50 bits per heavy atom. The first-order chi connectivity index (χ1) is 3.81. The molecule has 0 bridgehead atoms. The van der Waals surface area contributed by atoms with Crippen LogP contribution in [0.2, 0.25) is 0 Å². The first-order valence-corrected chi connectivity index (χ1v) is 2.89. The van der Waals surface area contributed by atoms with Gasteiger partial charge in [0.05, 0.1) is 0 Å². The zero-order valence-corrected chi connectivity index (χ0v) is 5.94. The maximum Gasteiger partial charge on any atom is 0.144 e. The van der Waals surface area contributed by atoms with Gasteiger partial charge in [0.1, 0.15) is 5.11 Å². The van der Waals surface area contributed by atoms with Crippen molar-refractivity contribution in [3.8, 4) is 0 Å². The first-order valence-electron chi connectivity index (χ1n) is 2.08. The summed E-state index contributed by atoms with van der Waals surface area (Å²) in [6.45, 7) is 4.14. The highest BCUT2D eigenvalue weighted by Crippen LogP contribution is 1.62. The Morgan fingerprint density at radius 1 is 1.88 bits per heavy atom. The fourth-order valence-corrected chi connectivity index (χ4v) is 0.356. The van der Waals surface area contributed by atoms with E-state index in [4.69, 9.17) is 0 Å². The van der Waals surface area contributed by atoms with Crippen molar-refractivity contribution in [1.82, 2.24) is 10.0 Å². The highest BCUT2D eigenvalue weighted by Gasteiger charge is 1.78. The highest BCUT2D eigenvalue weighted by atomic mass is 32.1. The molecule has 8 heavy (non-hydrogen) atoms. The smallest absolute Gasteiger partial charge is 0.144 e. The van der Waals surface area contributed by atoms with E-state index in [9.17, 15) is 0 Å². The van der Waals surface area contributed by atoms with Gasteiger partial charge in [0.2, 0.25) is 0 Å². The van der Waals surface area contributed by atoms with Crippen LogP contribution in [0.1, 0.15) is 0 Å². The zero-order chi connectivity index (χ0) is 6.41. The van der Waals surface area contributed by atoms with Crippen LogP contribution >= 0.6 is 12.2 Å². The second-order valence-corrected chi connectivity index (χ2v) is 1.71. The summed E-state index contributed by atoms with van der Waals surface area (Å²) in [6, 6.07) is 0. The lowest BCUT2D eigenvalue weighted by atomic mass is 10.6. The third kappa shape index (κ3) is 3.95. The fourth-order valence-electron chi connectivity index (χ4n) is 0.201. The summed E-state index contributed by atoms with van der Waals surface area (Å²) < 4.78 is 2.36. The lowest BCUT2D eigenvalue weighted by Crippen LogP contribution is -2.31. The maximum absolute atomic E-state index is 4.65. The summed E-state index contributed by atoms with van der Waals surface area (Å²) in [5.41, 5.74) is 0. The fraction of sp³-hybridized carbons (Fsp3) is 0.250. The Morgan fingerprint density at radius 3 is 2.88 bits per heavy atom. The van der Waals surface area contributed by atoms with Gasteiger partial charge in [0.15, 0.2) is 0 Å². The lowest BCUT2D eigenvalue weighted by molar-refractivity contribution is 1.04. The van der Waals surface area contributed by atoms with Crippen molar-refractivity contribution in [1.29, 1.82) is 0 Å². The highest BCUT2D eigenvalue weighted by molar-refractivity contribution is 7.81. The monoisotopic (exact) mass is 147 g/mol. The van der Waals surface area contributed by atoms with Crippen molar-refractivity contribution < 1.29 is 0 Å². The van der Waals surface area contributed by atoms with E-state index < -0.39 is 0 Å². The third-order valence-electron chi connectivity index (χ3n) is 0.500. The molecule has 0 unspecified atom stereocenters. The minimum Gasteiger partial charge on any atom is -0.668 e. The Hall–Kier alpha value is -0.220. The summed E-state index contributed by atoms with van der Waals surface area (Å²) in [7, 11) is 0. The van der Waals surface area contributed by atoms with E-state index in [1.165, 1.54) is 0 Å². The van der Waals surface area contributed by atoms with Crippen LogP contribution in [0.15, 0.2) is 12.7 Å². The molecule has 2 N–H and O–H groups in total.